The van der Waals surface area contributed by atoms with Crippen LogP contribution in [0, 0.1) is 6.92 Å². The number of benzene rings is 4. The van der Waals surface area contributed by atoms with Crippen LogP contribution in [0.5, 0.6) is 0 Å². The van der Waals surface area contributed by atoms with Crippen LogP contribution < -0.4 is 22.9 Å². The monoisotopic (exact) mass is 706 g/mol. The van der Waals surface area contributed by atoms with E-state index in [0.717, 1.165) is 21.7 Å². The SMILES string of the molecule is Cc1cccc(C(C)(N)C(N)C(c2ccccc2C(F)(F)F)(C(N)Cc2ccc(Cl)c(Cl)c2)C(N)Cc2ccccc2Br)c1. The molecule has 4 nitrogen and oxygen atoms in total. The summed E-state index contributed by atoms with van der Waals surface area (Å²) in [7, 11) is 0. The highest BCUT2D eigenvalue weighted by atomic mass is 79.9. The van der Waals surface area contributed by atoms with Gasteiger partial charge in [-0.05, 0) is 73.2 Å². The second kappa shape index (κ2) is 13.5. The molecule has 4 aromatic carbocycles. The van der Waals surface area contributed by atoms with Crippen molar-refractivity contribution in [2.24, 2.45) is 22.9 Å². The molecule has 0 aliphatic rings. The lowest BCUT2D eigenvalue weighted by molar-refractivity contribution is -0.139. The van der Waals surface area contributed by atoms with E-state index in [9.17, 15) is 13.2 Å². The fraction of sp³-hybridized carbons (Fsp3) is 0.294. The molecule has 0 aromatic heterocycles. The Kier molecular flexibility index (Phi) is 10.6. The molecule has 0 bridgehead atoms. The van der Waals surface area contributed by atoms with Crippen LogP contribution in [0.25, 0.3) is 0 Å². The Morgan fingerprint density at radius 3 is 1.98 bits per heavy atom. The van der Waals surface area contributed by atoms with Crippen LogP contribution in [-0.2, 0) is 30.0 Å². The molecule has 0 aliphatic heterocycles. The highest BCUT2D eigenvalue weighted by molar-refractivity contribution is 9.10. The Bertz CT molecular complexity index is 1610. The molecule has 0 spiro atoms. The molecular formula is C34H36BrCl2F3N4. The van der Waals surface area contributed by atoms with Gasteiger partial charge in [-0.25, -0.2) is 0 Å². The van der Waals surface area contributed by atoms with Gasteiger partial charge in [0, 0.05) is 28.0 Å². The largest absolute Gasteiger partial charge is 0.416 e. The van der Waals surface area contributed by atoms with E-state index in [4.69, 9.17) is 46.1 Å². The average molecular weight is 708 g/mol. The number of hydrogen-bond acceptors (Lipinski definition) is 4. The van der Waals surface area contributed by atoms with Crippen LogP contribution in [0.2, 0.25) is 10.0 Å². The molecule has 10 heteroatoms. The third kappa shape index (κ3) is 6.87. The van der Waals surface area contributed by atoms with Crippen molar-refractivity contribution >= 4 is 39.1 Å². The lowest BCUT2D eigenvalue weighted by Crippen LogP contribution is -2.73. The van der Waals surface area contributed by atoms with Crippen molar-refractivity contribution in [2.45, 2.75) is 61.9 Å². The first kappa shape index (κ1) is 34.4. The van der Waals surface area contributed by atoms with Gasteiger partial charge in [-0.15, -0.1) is 0 Å². The fourth-order valence-electron chi connectivity index (χ4n) is 6.23. The van der Waals surface area contributed by atoms with E-state index in [-0.39, 0.29) is 18.4 Å². The van der Waals surface area contributed by atoms with E-state index < -0.39 is 40.8 Å². The third-order valence-electron chi connectivity index (χ3n) is 8.56. The molecule has 8 N–H and O–H groups in total. The van der Waals surface area contributed by atoms with Gasteiger partial charge in [-0.2, -0.15) is 13.2 Å². The second-order valence-electron chi connectivity index (χ2n) is 11.6. The first-order chi connectivity index (χ1) is 20.6. The predicted molar refractivity (Wildman–Crippen MR) is 178 cm³/mol. The van der Waals surface area contributed by atoms with Crippen LogP contribution in [0.1, 0.15) is 40.3 Å². The fourth-order valence-corrected chi connectivity index (χ4v) is 6.99. The Morgan fingerprint density at radius 2 is 1.36 bits per heavy atom. The summed E-state index contributed by atoms with van der Waals surface area (Å²) in [6.07, 6.45) is -4.49. The minimum Gasteiger partial charge on any atom is -0.326 e. The summed E-state index contributed by atoms with van der Waals surface area (Å²) in [6, 6.07) is 21.9. The number of alkyl halides is 3. The molecule has 0 fully saturated rings. The topological polar surface area (TPSA) is 104 Å². The zero-order chi connectivity index (χ0) is 32.4. The lowest BCUT2D eigenvalue weighted by Gasteiger charge is -2.53. The summed E-state index contributed by atoms with van der Waals surface area (Å²) >= 11 is 16.1. The summed E-state index contributed by atoms with van der Waals surface area (Å²) in [5.41, 5.74) is 27.6. The van der Waals surface area contributed by atoms with E-state index >= 15 is 0 Å². The summed E-state index contributed by atoms with van der Waals surface area (Å²) in [5.74, 6) is 0. The zero-order valence-corrected chi connectivity index (χ0v) is 27.5. The zero-order valence-electron chi connectivity index (χ0n) is 24.4. The molecule has 234 valence electrons. The molecule has 4 rings (SSSR count). The van der Waals surface area contributed by atoms with Crippen LogP contribution in [0.3, 0.4) is 0 Å². The second-order valence-corrected chi connectivity index (χ2v) is 13.2. The quantitative estimate of drug-likeness (QED) is 0.136. The molecule has 5 atom stereocenters. The smallest absolute Gasteiger partial charge is 0.326 e. The molecule has 0 aliphatic carbocycles. The summed E-state index contributed by atoms with van der Waals surface area (Å²) in [4.78, 5) is 0. The van der Waals surface area contributed by atoms with Crippen molar-refractivity contribution in [3.8, 4) is 0 Å². The molecule has 0 amide bonds. The van der Waals surface area contributed by atoms with Gasteiger partial charge >= 0.3 is 6.18 Å². The van der Waals surface area contributed by atoms with Crippen molar-refractivity contribution in [1.82, 2.24) is 0 Å². The minimum absolute atomic E-state index is 0.0876. The first-order valence-corrected chi connectivity index (χ1v) is 15.6. The first-order valence-electron chi connectivity index (χ1n) is 14.1. The van der Waals surface area contributed by atoms with E-state index in [0.29, 0.717) is 21.2 Å². The Hall–Kier alpha value is -2.43. The number of rotatable bonds is 10. The predicted octanol–water partition coefficient (Wildman–Crippen LogP) is 7.66. The molecule has 0 saturated heterocycles. The maximum absolute atomic E-state index is 14.9. The van der Waals surface area contributed by atoms with E-state index in [1.54, 1.807) is 31.2 Å². The number of hydrogen-bond donors (Lipinski definition) is 4. The normalized spacial score (nSPS) is 16.9. The molecule has 0 heterocycles. The average Bonchev–Trinajstić information content (AvgIpc) is 2.96. The molecular weight excluding hydrogens is 672 g/mol. The lowest BCUT2D eigenvalue weighted by atomic mass is 9.56. The molecule has 0 saturated carbocycles. The van der Waals surface area contributed by atoms with Crippen molar-refractivity contribution in [3.63, 3.8) is 0 Å². The van der Waals surface area contributed by atoms with Gasteiger partial charge in [-0.3, -0.25) is 0 Å². The summed E-state index contributed by atoms with van der Waals surface area (Å²) < 4.78 is 45.3. The van der Waals surface area contributed by atoms with E-state index in [1.807, 2.05) is 55.5 Å². The van der Waals surface area contributed by atoms with Crippen molar-refractivity contribution < 1.29 is 13.2 Å². The molecule has 5 unspecified atom stereocenters. The van der Waals surface area contributed by atoms with E-state index in [2.05, 4.69) is 15.9 Å². The number of nitrogens with two attached hydrogens (primary N) is 4. The van der Waals surface area contributed by atoms with Gasteiger partial charge in [-0.1, -0.05) is 111 Å². The molecule has 0 radical (unpaired) electrons. The summed E-state index contributed by atoms with van der Waals surface area (Å²) in [5, 5.41) is 0.636. The highest BCUT2D eigenvalue weighted by Crippen LogP contribution is 2.47. The number of aryl methyl sites for hydroxylation is 1. The van der Waals surface area contributed by atoms with E-state index in [1.165, 1.54) is 12.1 Å². The Labute approximate surface area is 275 Å². The summed E-state index contributed by atoms with van der Waals surface area (Å²) in [6.45, 7) is 3.63. The minimum atomic E-state index is -4.73. The van der Waals surface area contributed by atoms with Crippen molar-refractivity contribution in [2.75, 3.05) is 0 Å². The Balaban J connectivity index is 2.05. The van der Waals surface area contributed by atoms with Gasteiger partial charge in [0.2, 0.25) is 0 Å². The van der Waals surface area contributed by atoms with Crippen LogP contribution in [0.4, 0.5) is 13.2 Å². The van der Waals surface area contributed by atoms with Gasteiger partial charge < -0.3 is 22.9 Å². The van der Waals surface area contributed by atoms with Gasteiger partial charge in [0.15, 0.2) is 0 Å². The standard InChI is InChI=1S/C34H36BrCl2F3N4/c1-20-8-7-10-23(16-20)32(2,44)31(43)33(24-11-4-5-12-25(24)34(38,39)40,30(42)19-22-9-3-6-13-26(22)35)29(41)18-21-14-15-27(36)28(37)17-21/h3-17,29-31H,18-19,41-44H2,1-2H3. The van der Waals surface area contributed by atoms with Crippen LogP contribution >= 0.6 is 39.1 Å². The maximum atomic E-state index is 14.9. The van der Waals surface area contributed by atoms with Crippen molar-refractivity contribution in [3.05, 3.63) is 139 Å². The molecule has 4 aromatic rings. The Morgan fingerprint density at radius 1 is 0.750 bits per heavy atom. The highest BCUT2D eigenvalue weighted by Gasteiger charge is 2.56. The van der Waals surface area contributed by atoms with Gasteiger partial charge in [0.1, 0.15) is 0 Å². The maximum Gasteiger partial charge on any atom is 0.416 e. The van der Waals surface area contributed by atoms with Crippen LogP contribution in [-0.4, -0.2) is 18.1 Å². The third-order valence-corrected chi connectivity index (χ3v) is 10.1. The van der Waals surface area contributed by atoms with Gasteiger partial charge in [0.25, 0.3) is 0 Å². The molecule has 44 heavy (non-hydrogen) atoms. The number of halogens is 6. The van der Waals surface area contributed by atoms with Crippen LogP contribution in [0.15, 0.2) is 95.5 Å². The van der Waals surface area contributed by atoms with Gasteiger partial charge in [0.05, 0.1) is 21.1 Å². The van der Waals surface area contributed by atoms with Crippen molar-refractivity contribution in [1.29, 1.82) is 0 Å².